The number of aliphatic imine (C=N–C) groups is 1. The van der Waals surface area contributed by atoms with Gasteiger partial charge in [-0.1, -0.05) is 30.3 Å². The lowest BCUT2D eigenvalue weighted by atomic mass is 10.0. The zero-order valence-corrected chi connectivity index (χ0v) is 13.6. The minimum atomic E-state index is 0.690. The molecule has 0 aromatic heterocycles. The lowest BCUT2D eigenvalue weighted by molar-refractivity contribution is 0.254. The molecule has 2 aliphatic heterocycles. The second-order valence-electron chi connectivity index (χ2n) is 6.59. The molecule has 1 saturated heterocycles. The monoisotopic (exact) mass is 300 g/mol. The van der Waals surface area contributed by atoms with E-state index in [4.69, 9.17) is 0 Å². The maximum atomic E-state index is 4.46. The van der Waals surface area contributed by atoms with Gasteiger partial charge >= 0.3 is 0 Å². The summed E-state index contributed by atoms with van der Waals surface area (Å²) in [7, 11) is 0. The van der Waals surface area contributed by atoms with Crippen LogP contribution in [0.4, 0.5) is 0 Å². The van der Waals surface area contributed by atoms with Crippen molar-refractivity contribution in [3.05, 3.63) is 35.9 Å². The van der Waals surface area contributed by atoms with Crippen molar-refractivity contribution < 1.29 is 0 Å². The van der Waals surface area contributed by atoms with Gasteiger partial charge in [-0.2, -0.15) is 0 Å². The van der Waals surface area contributed by atoms with Gasteiger partial charge in [-0.05, 0) is 37.7 Å². The van der Waals surface area contributed by atoms with Crippen molar-refractivity contribution in [2.45, 2.75) is 38.8 Å². The van der Waals surface area contributed by atoms with E-state index in [1.807, 2.05) is 0 Å². The Hall–Kier alpha value is -1.55. The molecule has 1 aromatic rings. The minimum absolute atomic E-state index is 0.690. The minimum Gasteiger partial charge on any atom is -0.356 e. The van der Waals surface area contributed by atoms with Crippen LogP contribution < -0.4 is 10.6 Å². The second kappa shape index (κ2) is 7.63. The highest BCUT2D eigenvalue weighted by atomic mass is 15.2. The zero-order valence-electron chi connectivity index (χ0n) is 13.6. The molecule has 4 heteroatoms. The van der Waals surface area contributed by atoms with Crippen molar-refractivity contribution in [1.29, 1.82) is 0 Å². The van der Waals surface area contributed by atoms with Gasteiger partial charge in [-0.25, -0.2) is 0 Å². The highest BCUT2D eigenvalue weighted by Crippen LogP contribution is 2.26. The van der Waals surface area contributed by atoms with Crippen LogP contribution in [0.3, 0.4) is 0 Å². The third kappa shape index (κ3) is 4.23. The molecule has 2 N–H and O–H groups in total. The van der Waals surface area contributed by atoms with Gasteiger partial charge in [0, 0.05) is 38.8 Å². The summed E-state index contributed by atoms with van der Waals surface area (Å²) >= 11 is 0. The fourth-order valence-electron chi connectivity index (χ4n) is 3.51. The quantitative estimate of drug-likeness (QED) is 0.876. The Morgan fingerprint density at radius 1 is 1.32 bits per heavy atom. The Bertz CT molecular complexity index is 485. The van der Waals surface area contributed by atoms with Gasteiger partial charge in [0.15, 0.2) is 5.96 Å². The van der Waals surface area contributed by atoms with Crippen LogP contribution >= 0.6 is 0 Å². The molecule has 2 atom stereocenters. The van der Waals surface area contributed by atoms with Crippen molar-refractivity contribution in [3.8, 4) is 0 Å². The summed E-state index contributed by atoms with van der Waals surface area (Å²) in [5.41, 5.74) is 1.42. The highest BCUT2D eigenvalue weighted by Gasteiger charge is 2.28. The third-order valence-corrected chi connectivity index (χ3v) is 4.76. The van der Waals surface area contributed by atoms with Crippen LogP contribution in [0, 0.1) is 5.92 Å². The predicted molar refractivity (Wildman–Crippen MR) is 92.0 cm³/mol. The molecular formula is C18H28N4. The lowest BCUT2D eigenvalue weighted by Gasteiger charge is -2.21. The Balaban J connectivity index is 1.41. The summed E-state index contributed by atoms with van der Waals surface area (Å²) in [6.07, 6.45) is 3.70. The van der Waals surface area contributed by atoms with Crippen LogP contribution in [0.5, 0.6) is 0 Å². The Kier molecular flexibility index (Phi) is 5.33. The molecule has 0 radical (unpaired) electrons. The zero-order chi connectivity index (χ0) is 15.2. The number of hydrogen-bond acceptors (Lipinski definition) is 4. The molecule has 120 valence electrons. The molecule has 0 amide bonds. The highest BCUT2D eigenvalue weighted by molar-refractivity contribution is 5.80. The molecule has 2 heterocycles. The molecule has 1 fully saturated rings. The van der Waals surface area contributed by atoms with Crippen molar-refractivity contribution in [1.82, 2.24) is 15.5 Å². The van der Waals surface area contributed by atoms with E-state index in [2.05, 4.69) is 57.8 Å². The van der Waals surface area contributed by atoms with E-state index < -0.39 is 0 Å². The van der Waals surface area contributed by atoms with Crippen molar-refractivity contribution in [2.24, 2.45) is 10.9 Å². The van der Waals surface area contributed by atoms with E-state index in [-0.39, 0.29) is 0 Å². The summed E-state index contributed by atoms with van der Waals surface area (Å²) in [4.78, 5) is 7.08. The Morgan fingerprint density at radius 3 is 2.95 bits per heavy atom. The first-order valence-electron chi connectivity index (χ1n) is 8.61. The summed E-state index contributed by atoms with van der Waals surface area (Å²) in [5, 5.41) is 6.77. The van der Waals surface area contributed by atoms with Crippen LogP contribution in [0.15, 0.2) is 35.3 Å². The van der Waals surface area contributed by atoms with Gasteiger partial charge in [0.05, 0.1) is 0 Å². The molecule has 0 spiro atoms. The van der Waals surface area contributed by atoms with Crippen molar-refractivity contribution in [3.63, 3.8) is 0 Å². The first-order chi connectivity index (χ1) is 10.8. The normalized spacial score (nSPS) is 25.6. The molecule has 0 aliphatic carbocycles. The molecule has 22 heavy (non-hydrogen) atoms. The molecule has 0 bridgehead atoms. The van der Waals surface area contributed by atoms with Gasteiger partial charge in [0.25, 0.3) is 0 Å². The van der Waals surface area contributed by atoms with Crippen LogP contribution in [0.25, 0.3) is 0 Å². The molecular weight excluding hydrogens is 272 g/mol. The molecule has 2 aliphatic rings. The van der Waals surface area contributed by atoms with E-state index in [0.717, 1.165) is 44.5 Å². The van der Waals surface area contributed by atoms with Crippen molar-refractivity contribution in [2.75, 3.05) is 26.2 Å². The summed E-state index contributed by atoms with van der Waals surface area (Å²) in [6.45, 7) is 7.71. The largest absolute Gasteiger partial charge is 0.356 e. The fraction of sp³-hybridized carbons (Fsp3) is 0.611. The van der Waals surface area contributed by atoms with E-state index in [9.17, 15) is 0 Å². The smallest absolute Gasteiger partial charge is 0.191 e. The van der Waals surface area contributed by atoms with Crippen LogP contribution in [0.2, 0.25) is 0 Å². The van der Waals surface area contributed by atoms with Gasteiger partial charge in [0.1, 0.15) is 0 Å². The molecule has 3 rings (SSSR count). The fourth-order valence-corrected chi connectivity index (χ4v) is 3.51. The van der Waals surface area contributed by atoms with Gasteiger partial charge in [0.2, 0.25) is 0 Å². The van der Waals surface area contributed by atoms with Crippen LogP contribution in [-0.2, 0) is 6.54 Å². The molecule has 0 saturated carbocycles. The third-order valence-electron chi connectivity index (χ3n) is 4.76. The summed E-state index contributed by atoms with van der Waals surface area (Å²) < 4.78 is 0. The maximum absolute atomic E-state index is 4.46. The average molecular weight is 300 g/mol. The molecule has 2 unspecified atom stereocenters. The van der Waals surface area contributed by atoms with E-state index >= 15 is 0 Å². The SMILES string of the molecule is CC1CC(CCNC2=NCCCN2)CN1Cc1ccccc1. The number of benzene rings is 1. The number of guanidine groups is 1. The van der Waals surface area contributed by atoms with Crippen molar-refractivity contribution >= 4 is 5.96 Å². The maximum Gasteiger partial charge on any atom is 0.191 e. The van der Waals surface area contributed by atoms with Crippen LogP contribution in [-0.4, -0.2) is 43.1 Å². The first kappa shape index (κ1) is 15.3. The number of likely N-dealkylation sites (tertiary alicyclic amines) is 1. The first-order valence-corrected chi connectivity index (χ1v) is 8.61. The Morgan fingerprint density at radius 2 is 2.18 bits per heavy atom. The van der Waals surface area contributed by atoms with Gasteiger partial charge in [-0.3, -0.25) is 9.89 Å². The van der Waals surface area contributed by atoms with Gasteiger partial charge in [-0.15, -0.1) is 0 Å². The number of nitrogens with one attached hydrogen (secondary N) is 2. The van der Waals surface area contributed by atoms with E-state index in [1.54, 1.807) is 0 Å². The summed E-state index contributed by atoms with van der Waals surface area (Å²) in [5.74, 6) is 1.80. The number of nitrogens with zero attached hydrogens (tertiary/aromatic N) is 2. The van der Waals surface area contributed by atoms with Crippen LogP contribution in [0.1, 0.15) is 31.7 Å². The standard InChI is InChI=1S/C18H28N4/c1-15-12-17(8-11-21-18-19-9-5-10-20-18)14-22(15)13-16-6-3-2-4-7-16/h2-4,6-7,15,17H,5,8-14H2,1H3,(H2,19,20,21). The Labute approximate surface area is 134 Å². The summed E-state index contributed by atoms with van der Waals surface area (Å²) in [6, 6.07) is 11.5. The lowest BCUT2D eigenvalue weighted by Crippen LogP contribution is -2.41. The number of hydrogen-bond donors (Lipinski definition) is 2. The topological polar surface area (TPSA) is 39.7 Å². The second-order valence-corrected chi connectivity index (χ2v) is 6.59. The van der Waals surface area contributed by atoms with Gasteiger partial charge < -0.3 is 10.6 Å². The van der Waals surface area contributed by atoms with E-state index in [0.29, 0.717) is 6.04 Å². The van der Waals surface area contributed by atoms with E-state index in [1.165, 1.54) is 24.9 Å². The predicted octanol–water partition coefficient (Wildman–Crippen LogP) is 2.23. The molecule has 1 aromatic carbocycles. The molecule has 4 nitrogen and oxygen atoms in total. The number of rotatable bonds is 5. The average Bonchev–Trinajstić information content (AvgIpc) is 2.89.